The van der Waals surface area contributed by atoms with Gasteiger partial charge in [0.2, 0.25) is 17.6 Å². The molecule has 0 aliphatic carbocycles. The second-order valence-electron chi connectivity index (χ2n) is 10.2. The molecule has 1 aromatic heterocycles. The van der Waals surface area contributed by atoms with Gasteiger partial charge >= 0.3 is 0 Å². The molecule has 5 rings (SSSR count). The Kier molecular flexibility index (Phi) is 8.41. The van der Waals surface area contributed by atoms with Crippen LogP contribution in [0.15, 0.2) is 59.1 Å². The van der Waals surface area contributed by atoms with Gasteiger partial charge < -0.3 is 9.84 Å². The molecule has 0 saturated carbocycles. The van der Waals surface area contributed by atoms with Crippen LogP contribution in [0.5, 0.6) is 0 Å². The molecule has 3 aromatic rings. The molecule has 2 aliphatic heterocycles. The lowest BCUT2D eigenvalue weighted by Gasteiger charge is -2.30. The predicted octanol–water partition coefficient (Wildman–Crippen LogP) is 4.64. The Bertz CT molecular complexity index is 1090. The first-order valence-corrected chi connectivity index (χ1v) is 13.4. The Morgan fingerprint density at radius 1 is 0.861 bits per heavy atom. The van der Waals surface area contributed by atoms with Crippen molar-refractivity contribution in [3.05, 3.63) is 71.6 Å². The van der Waals surface area contributed by atoms with Crippen molar-refractivity contribution in [2.45, 2.75) is 58.2 Å². The standard InChI is InChI=1S/C29H37N5O2/c35-29(30-19-23-12-14-24(15-13-23)20-33-16-6-1-2-7-17-33)26-11-8-18-34(21-26)22-27-31-28(32-36-27)25-9-4-3-5-10-25/h3-5,9-10,12-15,26H,1-2,6-8,11,16-22H2,(H,30,35). The quantitative estimate of drug-likeness (QED) is 0.499. The first kappa shape index (κ1) is 24.7. The van der Waals surface area contributed by atoms with Crippen LogP contribution in [0.25, 0.3) is 11.4 Å². The molecule has 1 atom stereocenters. The van der Waals surface area contributed by atoms with E-state index in [1.54, 1.807) is 0 Å². The molecule has 1 unspecified atom stereocenters. The van der Waals surface area contributed by atoms with E-state index in [9.17, 15) is 4.79 Å². The van der Waals surface area contributed by atoms with Gasteiger partial charge in [0.1, 0.15) is 0 Å². The number of aromatic nitrogens is 2. The van der Waals surface area contributed by atoms with Gasteiger partial charge in [-0.2, -0.15) is 4.98 Å². The first-order chi connectivity index (χ1) is 17.7. The molecule has 190 valence electrons. The number of carbonyl (C=O) groups excluding carboxylic acids is 1. The highest BCUT2D eigenvalue weighted by Crippen LogP contribution is 2.21. The van der Waals surface area contributed by atoms with Crippen LogP contribution in [0.4, 0.5) is 0 Å². The number of likely N-dealkylation sites (tertiary alicyclic amines) is 2. The minimum absolute atomic E-state index is 0.0161. The molecule has 0 spiro atoms. The Labute approximate surface area is 213 Å². The molecular weight excluding hydrogens is 450 g/mol. The maximum Gasteiger partial charge on any atom is 0.241 e. The van der Waals surface area contributed by atoms with Crippen LogP contribution < -0.4 is 5.32 Å². The van der Waals surface area contributed by atoms with E-state index in [-0.39, 0.29) is 11.8 Å². The van der Waals surface area contributed by atoms with Gasteiger partial charge in [-0.25, -0.2) is 0 Å². The van der Waals surface area contributed by atoms with E-state index < -0.39 is 0 Å². The molecule has 1 N–H and O–H groups in total. The molecule has 2 aromatic carbocycles. The van der Waals surface area contributed by atoms with E-state index in [2.05, 4.69) is 49.5 Å². The molecule has 0 radical (unpaired) electrons. The fourth-order valence-electron chi connectivity index (χ4n) is 5.28. The van der Waals surface area contributed by atoms with Crippen LogP contribution in [0.2, 0.25) is 0 Å². The normalized spacial score (nSPS) is 19.6. The van der Waals surface area contributed by atoms with Crippen molar-refractivity contribution in [2.75, 3.05) is 26.2 Å². The largest absolute Gasteiger partial charge is 0.352 e. The molecular formula is C29H37N5O2. The molecule has 2 saturated heterocycles. The van der Waals surface area contributed by atoms with E-state index in [1.165, 1.54) is 44.3 Å². The van der Waals surface area contributed by atoms with Crippen molar-refractivity contribution in [3.63, 3.8) is 0 Å². The summed E-state index contributed by atoms with van der Waals surface area (Å²) in [5.74, 6) is 1.31. The van der Waals surface area contributed by atoms with Gasteiger partial charge in [-0.3, -0.25) is 14.6 Å². The van der Waals surface area contributed by atoms with Crippen molar-refractivity contribution in [1.29, 1.82) is 0 Å². The smallest absolute Gasteiger partial charge is 0.241 e. The highest BCUT2D eigenvalue weighted by molar-refractivity contribution is 5.79. The van der Waals surface area contributed by atoms with Gasteiger partial charge in [0.25, 0.3) is 0 Å². The van der Waals surface area contributed by atoms with E-state index in [0.29, 0.717) is 31.3 Å². The van der Waals surface area contributed by atoms with Gasteiger partial charge in [0, 0.05) is 25.2 Å². The van der Waals surface area contributed by atoms with Crippen LogP contribution in [0.3, 0.4) is 0 Å². The number of rotatable bonds is 8. The summed E-state index contributed by atoms with van der Waals surface area (Å²) in [7, 11) is 0. The molecule has 0 bridgehead atoms. The highest BCUT2D eigenvalue weighted by atomic mass is 16.5. The van der Waals surface area contributed by atoms with Gasteiger partial charge in [-0.15, -0.1) is 0 Å². The average Bonchev–Trinajstić information content (AvgIpc) is 3.23. The first-order valence-electron chi connectivity index (χ1n) is 13.4. The third kappa shape index (κ3) is 6.80. The average molecular weight is 488 g/mol. The molecule has 2 fully saturated rings. The van der Waals surface area contributed by atoms with E-state index in [1.807, 2.05) is 30.3 Å². The fourth-order valence-corrected chi connectivity index (χ4v) is 5.28. The highest BCUT2D eigenvalue weighted by Gasteiger charge is 2.27. The minimum Gasteiger partial charge on any atom is -0.352 e. The van der Waals surface area contributed by atoms with E-state index in [4.69, 9.17) is 4.52 Å². The number of nitrogens with zero attached hydrogens (tertiary/aromatic N) is 4. The second kappa shape index (κ2) is 12.3. The van der Waals surface area contributed by atoms with Crippen molar-refractivity contribution in [2.24, 2.45) is 5.92 Å². The third-order valence-corrected chi connectivity index (χ3v) is 7.33. The van der Waals surface area contributed by atoms with Crippen LogP contribution >= 0.6 is 0 Å². The lowest BCUT2D eigenvalue weighted by atomic mass is 9.97. The summed E-state index contributed by atoms with van der Waals surface area (Å²) in [4.78, 5) is 22.3. The predicted molar refractivity (Wildman–Crippen MR) is 140 cm³/mol. The molecule has 3 heterocycles. The Balaban J connectivity index is 1.08. The molecule has 2 aliphatic rings. The zero-order valence-corrected chi connectivity index (χ0v) is 21.1. The summed E-state index contributed by atoms with van der Waals surface area (Å²) >= 11 is 0. The number of benzene rings is 2. The van der Waals surface area contributed by atoms with E-state index in [0.717, 1.165) is 37.1 Å². The number of hydrogen-bond donors (Lipinski definition) is 1. The number of nitrogens with one attached hydrogen (secondary N) is 1. The van der Waals surface area contributed by atoms with Gasteiger partial charge in [0.05, 0.1) is 12.5 Å². The summed E-state index contributed by atoms with van der Waals surface area (Å²) in [6, 6.07) is 18.6. The third-order valence-electron chi connectivity index (χ3n) is 7.33. The summed E-state index contributed by atoms with van der Waals surface area (Å²) in [6.07, 6.45) is 7.25. The summed E-state index contributed by atoms with van der Waals surface area (Å²) in [5.41, 5.74) is 3.44. The molecule has 7 nitrogen and oxygen atoms in total. The van der Waals surface area contributed by atoms with Crippen LogP contribution in [-0.4, -0.2) is 52.0 Å². The zero-order valence-electron chi connectivity index (χ0n) is 21.1. The van der Waals surface area contributed by atoms with Crippen molar-refractivity contribution in [3.8, 4) is 11.4 Å². The lowest BCUT2D eigenvalue weighted by molar-refractivity contribution is -0.127. The Hall–Kier alpha value is -3.03. The van der Waals surface area contributed by atoms with Crippen LogP contribution in [0.1, 0.15) is 55.5 Å². The Morgan fingerprint density at radius 2 is 1.58 bits per heavy atom. The summed E-state index contributed by atoms with van der Waals surface area (Å²) in [6.45, 7) is 6.23. The summed E-state index contributed by atoms with van der Waals surface area (Å²) in [5, 5.41) is 7.28. The van der Waals surface area contributed by atoms with Gasteiger partial charge in [0.15, 0.2) is 0 Å². The summed E-state index contributed by atoms with van der Waals surface area (Å²) < 4.78 is 5.48. The van der Waals surface area contributed by atoms with Crippen LogP contribution in [0, 0.1) is 5.92 Å². The topological polar surface area (TPSA) is 74.5 Å². The number of carbonyl (C=O) groups is 1. The maximum absolute atomic E-state index is 12.9. The number of piperidine rings is 1. The minimum atomic E-state index is -0.0161. The second-order valence-corrected chi connectivity index (χ2v) is 10.2. The monoisotopic (exact) mass is 487 g/mol. The molecule has 1 amide bonds. The van der Waals surface area contributed by atoms with Gasteiger partial charge in [-0.1, -0.05) is 72.6 Å². The van der Waals surface area contributed by atoms with Crippen molar-refractivity contribution in [1.82, 2.24) is 25.3 Å². The zero-order chi connectivity index (χ0) is 24.6. The van der Waals surface area contributed by atoms with Crippen molar-refractivity contribution >= 4 is 5.91 Å². The number of hydrogen-bond acceptors (Lipinski definition) is 6. The van der Waals surface area contributed by atoms with E-state index >= 15 is 0 Å². The number of amides is 1. The van der Waals surface area contributed by atoms with Crippen molar-refractivity contribution < 1.29 is 9.32 Å². The SMILES string of the molecule is O=C(NCc1ccc(CN2CCCCCC2)cc1)C1CCCN(Cc2nc(-c3ccccc3)no2)C1. The lowest BCUT2D eigenvalue weighted by Crippen LogP contribution is -2.42. The fraction of sp³-hybridized carbons (Fsp3) is 0.483. The maximum atomic E-state index is 12.9. The molecule has 36 heavy (non-hydrogen) atoms. The molecule has 7 heteroatoms. The Morgan fingerprint density at radius 3 is 2.36 bits per heavy atom. The van der Waals surface area contributed by atoms with Gasteiger partial charge in [-0.05, 0) is 56.4 Å². The van der Waals surface area contributed by atoms with Crippen LogP contribution in [-0.2, 0) is 24.4 Å².